The summed E-state index contributed by atoms with van der Waals surface area (Å²) < 4.78 is 0. The highest BCUT2D eigenvalue weighted by atomic mass is 16.2. The number of amides is 2. The summed E-state index contributed by atoms with van der Waals surface area (Å²) in [6.07, 6.45) is 4.42. The lowest BCUT2D eigenvalue weighted by atomic mass is 9.93. The molecular weight excluding hydrogens is 342 g/mol. The normalized spacial score (nSPS) is 13.7. The van der Waals surface area contributed by atoms with Crippen LogP contribution in [0.5, 0.6) is 0 Å². The van der Waals surface area contributed by atoms with Crippen LogP contribution in [0.25, 0.3) is 0 Å². The molecule has 1 fully saturated rings. The van der Waals surface area contributed by atoms with E-state index in [-0.39, 0.29) is 17.5 Å². The van der Waals surface area contributed by atoms with Crippen molar-refractivity contribution in [1.29, 1.82) is 0 Å². The largest absolute Gasteiger partial charge is 0.349 e. The first-order chi connectivity index (χ1) is 12.9. The van der Waals surface area contributed by atoms with Crippen molar-refractivity contribution in [2.75, 3.05) is 7.05 Å². The molecule has 27 heavy (non-hydrogen) atoms. The van der Waals surface area contributed by atoms with E-state index in [1.165, 1.54) is 17.2 Å². The van der Waals surface area contributed by atoms with Gasteiger partial charge in [-0.05, 0) is 55.9 Å². The molecule has 0 radical (unpaired) electrons. The Morgan fingerprint density at radius 1 is 1.26 bits per heavy atom. The minimum atomic E-state index is -0.493. The summed E-state index contributed by atoms with van der Waals surface area (Å²) in [6.45, 7) is 4.43. The number of aryl methyl sites for hydroxylation is 1. The van der Waals surface area contributed by atoms with Crippen LogP contribution in [0.4, 0.5) is 0 Å². The number of aromatic nitrogens is 1. The molecule has 2 aromatic rings. The van der Waals surface area contributed by atoms with Gasteiger partial charge in [0.25, 0.3) is 17.4 Å². The molecule has 1 aromatic carbocycles. The Hall–Kier alpha value is -2.89. The highest BCUT2D eigenvalue weighted by molar-refractivity contribution is 5.99. The highest BCUT2D eigenvalue weighted by Gasteiger charge is 2.22. The first-order valence-corrected chi connectivity index (χ1v) is 9.21. The van der Waals surface area contributed by atoms with E-state index in [0.717, 1.165) is 36.0 Å². The molecule has 3 rings (SSSR count). The van der Waals surface area contributed by atoms with Crippen LogP contribution < -0.4 is 10.9 Å². The fourth-order valence-corrected chi connectivity index (χ4v) is 3.11. The Bertz CT molecular complexity index is 929. The topological polar surface area (TPSA) is 82.3 Å². The van der Waals surface area contributed by atoms with Crippen molar-refractivity contribution in [2.24, 2.45) is 0 Å². The highest BCUT2D eigenvalue weighted by Crippen LogP contribution is 2.19. The van der Waals surface area contributed by atoms with Crippen molar-refractivity contribution in [2.45, 2.75) is 45.7 Å². The zero-order valence-electron chi connectivity index (χ0n) is 16.0. The van der Waals surface area contributed by atoms with Gasteiger partial charge in [-0.1, -0.05) is 18.2 Å². The number of aromatic amines is 1. The predicted molar refractivity (Wildman–Crippen MR) is 104 cm³/mol. The van der Waals surface area contributed by atoms with Gasteiger partial charge in [0.1, 0.15) is 5.56 Å². The summed E-state index contributed by atoms with van der Waals surface area (Å²) in [7, 11) is 1.66. The maximum absolute atomic E-state index is 12.8. The number of hydrogen-bond acceptors (Lipinski definition) is 3. The summed E-state index contributed by atoms with van der Waals surface area (Å²) in [4.78, 5) is 41.3. The summed E-state index contributed by atoms with van der Waals surface area (Å²) in [5.41, 5.74) is 3.09. The van der Waals surface area contributed by atoms with Crippen LogP contribution in [0.3, 0.4) is 0 Å². The molecular formula is C21H25N3O3. The van der Waals surface area contributed by atoms with Gasteiger partial charge in [-0.15, -0.1) is 0 Å². The van der Waals surface area contributed by atoms with E-state index in [1.807, 2.05) is 32.0 Å². The molecule has 6 heteroatoms. The Balaban J connectivity index is 1.78. The Labute approximate surface area is 158 Å². The monoisotopic (exact) mass is 367 g/mol. The lowest BCUT2D eigenvalue weighted by Crippen LogP contribution is -2.40. The minimum absolute atomic E-state index is 0.0240. The third kappa shape index (κ3) is 4.10. The molecule has 6 nitrogen and oxygen atoms in total. The van der Waals surface area contributed by atoms with Crippen molar-refractivity contribution in [3.05, 3.63) is 68.6 Å². The van der Waals surface area contributed by atoms with Crippen LogP contribution >= 0.6 is 0 Å². The van der Waals surface area contributed by atoms with E-state index in [4.69, 9.17) is 0 Å². The number of hydrogen-bond donors (Lipinski definition) is 2. The molecule has 2 N–H and O–H groups in total. The Morgan fingerprint density at radius 3 is 2.67 bits per heavy atom. The number of nitrogens with zero attached hydrogens (tertiary/aromatic N) is 1. The summed E-state index contributed by atoms with van der Waals surface area (Å²) in [5, 5.41) is 2.92. The number of carbonyl (C=O) groups excluding carboxylic acids is 2. The average molecular weight is 367 g/mol. The number of pyridine rings is 1. The first kappa shape index (κ1) is 18.9. The molecule has 0 bridgehead atoms. The van der Waals surface area contributed by atoms with Crippen molar-refractivity contribution >= 4 is 11.8 Å². The molecule has 1 heterocycles. The number of carbonyl (C=O) groups is 2. The third-order valence-electron chi connectivity index (χ3n) is 5.31. The lowest BCUT2D eigenvalue weighted by Gasteiger charge is -2.26. The van der Waals surface area contributed by atoms with E-state index in [2.05, 4.69) is 10.3 Å². The van der Waals surface area contributed by atoms with Crippen LogP contribution in [0.1, 0.15) is 56.7 Å². The van der Waals surface area contributed by atoms with Crippen molar-refractivity contribution in [3.63, 3.8) is 0 Å². The minimum Gasteiger partial charge on any atom is -0.349 e. The lowest BCUT2D eigenvalue weighted by molar-refractivity contribution is 0.0783. The van der Waals surface area contributed by atoms with Gasteiger partial charge < -0.3 is 15.2 Å². The van der Waals surface area contributed by atoms with Gasteiger partial charge in [0.05, 0.1) is 5.56 Å². The molecule has 1 aliphatic rings. The van der Waals surface area contributed by atoms with Crippen LogP contribution in [0.15, 0.2) is 35.3 Å². The predicted octanol–water partition coefficient (Wildman–Crippen LogP) is 2.55. The first-order valence-electron chi connectivity index (χ1n) is 9.21. The number of rotatable bonds is 5. The van der Waals surface area contributed by atoms with Gasteiger partial charge in [-0.25, -0.2) is 0 Å². The van der Waals surface area contributed by atoms with Crippen LogP contribution in [-0.4, -0.2) is 34.8 Å². The van der Waals surface area contributed by atoms with E-state index >= 15 is 0 Å². The number of H-pyrrole nitrogens is 1. The molecule has 0 spiro atoms. The SMILES string of the molecule is Cc1cccc(CN(C)C(=O)c2cc(C(=O)NC3CCC3)c[nH]c2=O)c1C. The zero-order chi connectivity index (χ0) is 19.6. The molecule has 2 amide bonds. The maximum Gasteiger partial charge on any atom is 0.260 e. The summed E-state index contributed by atoms with van der Waals surface area (Å²) in [5.74, 6) is -0.669. The second kappa shape index (κ2) is 7.78. The molecule has 0 saturated heterocycles. The second-order valence-electron chi connectivity index (χ2n) is 7.25. The van der Waals surface area contributed by atoms with Gasteiger partial charge >= 0.3 is 0 Å². The number of nitrogens with one attached hydrogen (secondary N) is 2. The number of benzene rings is 1. The van der Waals surface area contributed by atoms with Crippen molar-refractivity contribution in [1.82, 2.24) is 15.2 Å². The standard InChI is InChI=1S/C21H25N3O3/c1-13-6-4-7-15(14(13)2)12-24(3)21(27)18-10-16(11-22-20(18)26)19(25)23-17-8-5-9-17/h4,6-7,10-11,17H,5,8-9,12H2,1-3H3,(H,22,26)(H,23,25). The Kier molecular flexibility index (Phi) is 5.44. The quantitative estimate of drug-likeness (QED) is 0.852. The third-order valence-corrected chi connectivity index (χ3v) is 5.31. The van der Waals surface area contributed by atoms with Gasteiger partial charge in [-0.2, -0.15) is 0 Å². The van der Waals surface area contributed by atoms with Crippen molar-refractivity contribution < 1.29 is 9.59 Å². The van der Waals surface area contributed by atoms with Crippen LogP contribution in [0.2, 0.25) is 0 Å². The van der Waals surface area contributed by atoms with Gasteiger partial charge in [-0.3, -0.25) is 14.4 Å². The van der Waals surface area contributed by atoms with Gasteiger partial charge in [0.15, 0.2) is 0 Å². The van der Waals surface area contributed by atoms with E-state index < -0.39 is 11.5 Å². The van der Waals surface area contributed by atoms with E-state index in [1.54, 1.807) is 7.05 Å². The summed E-state index contributed by atoms with van der Waals surface area (Å²) >= 11 is 0. The van der Waals surface area contributed by atoms with Crippen LogP contribution in [0, 0.1) is 13.8 Å². The molecule has 142 valence electrons. The van der Waals surface area contributed by atoms with Gasteiger partial charge in [0.2, 0.25) is 0 Å². The molecule has 0 atom stereocenters. The van der Waals surface area contributed by atoms with E-state index in [0.29, 0.717) is 12.1 Å². The smallest absolute Gasteiger partial charge is 0.260 e. The van der Waals surface area contributed by atoms with Crippen molar-refractivity contribution in [3.8, 4) is 0 Å². The Morgan fingerprint density at radius 2 is 2.00 bits per heavy atom. The molecule has 1 aromatic heterocycles. The van der Waals surface area contributed by atoms with E-state index in [9.17, 15) is 14.4 Å². The molecule has 0 unspecified atom stereocenters. The molecule has 1 saturated carbocycles. The summed E-state index contributed by atoms with van der Waals surface area (Å²) in [6, 6.07) is 7.52. The maximum atomic E-state index is 12.8. The fraction of sp³-hybridized carbons (Fsp3) is 0.381. The molecule has 1 aliphatic carbocycles. The fourth-order valence-electron chi connectivity index (χ4n) is 3.11. The van der Waals surface area contributed by atoms with Crippen LogP contribution in [-0.2, 0) is 6.54 Å². The second-order valence-corrected chi connectivity index (χ2v) is 7.25. The van der Waals surface area contributed by atoms with Gasteiger partial charge in [0, 0.05) is 25.8 Å². The zero-order valence-corrected chi connectivity index (χ0v) is 16.0. The average Bonchev–Trinajstić information content (AvgIpc) is 2.61. The molecule has 0 aliphatic heterocycles.